The first-order valence-electron chi connectivity index (χ1n) is 6.08. The molecule has 6 heteroatoms. The Morgan fingerprint density at radius 2 is 2.35 bits per heavy atom. The summed E-state index contributed by atoms with van der Waals surface area (Å²) in [4.78, 5) is 16.8. The van der Waals surface area contributed by atoms with Gasteiger partial charge in [-0.3, -0.25) is 4.57 Å². The van der Waals surface area contributed by atoms with E-state index in [9.17, 15) is 4.79 Å². The van der Waals surface area contributed by atoms with Crippen molar-refractivity contribution in [2.75, 3.05) is 7.11 Å². The zero-order valence-electron chi connectivity index (χ0n) is 11.0. The fraction of sp³-hybridized carbons (Fsp3) is 0.214. The van der Waals surface area contributed by atoms with Gasteiger partial charge in [-0.05, 0) is 18.2 Å². The van der Waals surface area contributed by atoms with E-state index in [1.54, 1.807) is 19.5 Å². The summed E-state index contributed by atoms with van der Waals surface area (Å²) in [5.74, 6) is -0.103. The highest BCUT2D eigenvalue weighted by Crippen LogP contribution is 2.27. The van der Waals surface area contributed by atoms with Crippen molar-refractivity contribution in [1.82, 2.24) is 9.55 Å². The highest BCUT2D eigenvalue weighted by Gasteiger charge is 2.30. The smallest absolute Gasteiger partial charge is 0.378 e. The van der Waals surface area contributed by atoms with E-state index in [0.717, 1.165) is 21.5 Å². The molecule has 0 saturated heterocycles. The molecular formula is C14H13BrN3O2+. The third kappa shape index (κ3) is 2.01. The van der Waals surface area contributed by atoms with E-state index in [4.69, 9.17) is 4.74 Å². The van der Waals surface area contributed by atoms with Crippen LogP contribution in [0.3, 0.4) is 0 Å². The van der Waals surface area contributed by atoms with Crippen molar-refractivity contribution < 1.29 is 14.1 Å². The first-order chi connectivity index (χ1) is 9.61. The molecule has 2 aromatic rings. The minimum atomic E-state index is -0.103. The summed E-state index contributed by atoms with van der Waals surface area (Å²) in [5.41, 5.74) is 3.17. The normalized spacial score (nSPS) is 13.9. The van der Waals surface area contributed by atoms with E-state index >= 15 is 0 Å². The number of hydrogen-bond acceptors (Lipinski definition) is 3. The van der Waals surface area contributed by atoms with Gasteiger partial charge in [0.2, 0.25) is 0 Å². The van der Waals surface area contributed by atoms with Crippen molar-refractivity contribution in [3.8, 4) is 5.69 Å². The van der Waals surface area contributed by atoms with E-state index in [-0.39, 0.29) is 5.91 Å². The summed E-state index contributed by atoms with van der Waals surface area (Å²) in [5, 5.41) is 0. The minimum Gasteiger partial charge on any atom is -0.378 e. The molecule has 1 aliphatic heterocycles. The first-order valence-corrected chi connectivity index (χ1v) is 6.87. The van der Waals surface area contributed by atoms with Gasteiger partial charge in [0.15, 0.2) is 6.54 Å². The molecule has 0 aliphatic carbocycles. The molecule has 0 fully saturated rings. The van der Waals surface area contributed by atoms with Gasteiger partial charge >= 0.3 is 5.91 Å². The molecule has 0 spiro atoms. The molecule has 0 radical (unpaired) electrons. The molecule has 1 aromatic heterocycles. The molecular weight excluding hydrogens is 322 g/mol. The van der Waals surface area contributed by atoms with Crippen LogP contribution in [0.25, 0.3) is 5.69 Å². The van der Waals surface area contributed by atoms with Crippen LogP contribution < -0.4 is 0 Å². The standard InChI is InChI=1S/C14H13BrN3O2/c1-17-6-13-11(7-20-2)16-8-18(13)12-4-3-9(15)5-10(12)14(17)19/h3-5,8H,1,6-7H2,2H3/q+1. The van der Waals surface area contributed by atoms with Crippen molar-refractivity contribution in [2.24, 2.45) is 0 Å². The maximum atomic E-state index is 12.4. The molecule has 1 amide bonds. The lowest BCUT2D eigenvalue weighted by molar-refractivity contribution is -0.436. The molecule has 0 atom stereocenters. The number of amides is 1. The Kier molecular flexibility index (Phi) is 3.27. The molecule has 1 aromatic carbocycles. The second-order valence-electron chi connectivity index (χ2n) is 4.61. The number of imidazole rings is 1. The summed E-state index contributed by atoms with van der Waals surface area (Å²) < 4.78 is 9.39. The van der Waals surface area contributed by atoms with Crippen molar-refractivity contribution >= 4 is 28.6 Å². The van der Waals surface area contributed by atoms with E-state index in [0.29, 0.717) is 18.7 Å². The van der Waals surface area contributed by atoms with Gasteiger partial charge in [-0.25, -0.2) is 9.78 Å². The van der Waals surface area contributed by atoms with Gasteiger partial charge in [-0.2, -0.15) is 4.58 Å². The van der Waals surface area contributed by atoms with Gasteiger partial charge in [0.1, 0.15) is 24.3 Å². The average Bonchev–Trinajstić information content (AvgIpc) is 2.77. The average molecular weight is 335 g/mol. The third-order valence-corrected chi connectivity index (χ3v) is 3.80. The highest BCUT2D eigenvalue weighted by molar-refractivity contribution is 9.10. The van der Waals surface area contributed by atoms with Crippen LogP contribution in [-0.4, -0.2) is 33.9 Å². The van der Waals surface area contributed by atoms with Crippen LogP contribution in [0.5, 0.6) is 0 Å². The van der Waals surface area contributed by atoms with E-state index < -0.39 is 0 Å². The van der Waals surface area contributed by atoms with Crippen LogP contribution in [0.2, 0.25) is 0 Å². The molecule has 5 nitrogen and oxygen atoms in total. The number of benzene rings is 1. The van der Waals surface area contributed by atoms with Crippen LogP contribution in [0, 0.1) is 0 Å². The second kappa shape index (κ2) is 4.96. The lowest BCUT2D eigenvalue weighted by atomic mass is 10.1. The minimum absolute atomic E-state index is 0.103. The van der Waals surface area contributed by atoms with Gasteiger partial charge in [-0.1, -0.05) is 15.9 Å². The molecule has 0 saturated carbocycles. The lowest BCUT2D eigenvalue weighted by Crippen LogP contribution is -2.18. The molecule has 2 heterocycles. The Morgan fingerprint density at radius 3 is 3.10 bits per heavy atom. The number of ether oxygens (including phenoxy) is 1. The third-order valence-electron chi connectivity index (χ3n) is 3.31. The Hall–Kier alpha value is -1.79. The number of hydrogen-bond donors (Lipinski definition) is 0. The molecule has 102 valence electrons. The van der Waals surface area contributed by atoms with Crippen LogP contribution in [0.1, 0.15) is 21.7 Å². The molecule has 0 bridgehead atoms. The first kappa shape index (κ1) is 13.2. The van der Waals surface area contributed by atoms with Gasteiger partial charge in [0, 0.05) is 11.6 Å². The Bertz CT molecular complexity index is 721. The maximum absolute atomic E-state index is 12.4. The molecule has 0 unspecified atom stereocenters. The molecule has 1 aliphatic rings. The fourth-order valence-corrected chi connectivity index (χ4v) is 2.72. The number of fused-ring (bicyclic) bond motifs is 3. The fourth-order valence-electron chi connectivity index (χ4n) is 2.36. The molecule has 0 N–H and O–H groups in total. The number of carbonyl (C=O) groups excluding carboxylic acids is 1. The lowest BCUT2D eigenvalue weighted by Gasteiger charge is -2.06. The van der Waals surface area contributed by atoms with E-state index in [1.165, 1.54) is 4.58 Å². The van der Waals surface area contributed by atoms with E-state index in [2.05, 4.69) is 27.6 Å². The predicted molar refractivity (Wildman–Crippen MR) is 77.4 cm³/mol. The number of carbonyl (C=O) groups is 1. The second-order valence-corrected chi connectivity index (χ2v) is 5.52. The van der Waals surface area contributed by atoms with Crippen LogP contribution in [0.15, 0.2) is 29.0 Å². The van der Waals surface area contributed by atoms with Crippen LogP contribution in [0.4, 0.5) is 0 Å². The largest absolute Gasteiger partial charge is 0.421 e. The summed E-state index contributed by atoms with van der Waals surface area (Å²) >= 11 is 3.40. The van der Waals surface area contributed by atoms with Crippen molar-refractivity contribution in [3.63, 3.8) is 0 Å². The topological polar surface area (TPSA) is 47.1 Å². The highest BCUT2D eigenvalue weighted by atomic mass is 79.9. The Labute approximate surface area is 124 Å². The number of nitrogens with zero attached hydrogens (tertiary/aromatic N) is 3. The number of halogens is 1. The van der Waals surface area contributed by atoms with Crippen molar-refractivity contribution in [2.45, 2.75) is 13.2 Å². The van der Waals surface area contributed by atoms with Gasteiger partial charge in [-0.15, -0.1) is 0 Å². The monoisotopic (exact) mass is 334 g/mol. The molecule has 3 rings (SSSR count). The Morgan fingerprint density at radius 1 is 1.55 bits per heavy atom. The maximum Gasteiger partial charge on any atom is 0.421 e. The van der Waals surface area contributed by atoms with Gasteiger partial charge < -0.3 is 4.74 Å². The number of methoxy groups -OCH3 is 1. The van der Waals surface area contributed by atoms with Crippen LogP contribution in [-0.2, 0) is 17.9 Å². The number of aromatic nitrogens is 2. The van der Waals surface area contributed by atoms with Gasteiger partial charge in [0.25, 0.3) is 0 Å². The Balaban J connectivity index is 2.26. The van der Waals surface area contributed by atoms with Gasteiger partial charge in [0.05, 0.1) is 18.0 Å². The van der Waals surface area contributed by atoms with E-state index in [1.807, 2.05) is 16.7 Å². The van der Waals surface area contributed by atoms with Crippen molar-refractivity contribution in [1.29, 1.82) is 0 Å². The predicted octanol–water partition coefficient (Wildman–Crippen LogP) is 2.15. The van der Waals surface area contributed by atoms with Crippen LogP contribution >= 0.6 is 15.9 Å². The summed E-state index contributed by atoms with van der Waals surface area (Å²) in [6.45, 7) is 4.65. The zero-order valence-corrected chi connectivity index (χ0v) is 12.6. The summed E-state index contributed by atoms with van der Waals surface area (Å²) in [6.07, 6.45) is 1.73. The quantitative estimate of drug-likeness (QED) is 0.790. The zero-order chi connectivity index (χ0) is 14.3. The van der Waals surface area contributed by atoms with Crippen molar-refractivity contribution in [3.05, 3.63) is 46.0 Å². The number of rotatable bonds is 2. The summed E-state index contributed by atoms with van der Waals surface area (Å²) in [6, 6.07) is 5.61. The SMILES string of the molecule is C=[N+]1Cc2c(COC)ncn2-c2ccc(Br)cc2C1=O. The summed E-state index contributed by atoms with van der Waals surface area (Å²) in [7, 11) is 1.63. The molecule has 20 heavy (non-hydrogen) atoms.